The van der Waals surface area contributed by atoms with E-state index in [0.29, 0.717) is 30.8 Å². The first kappa shape index (κ1) is 16.3. The summed E-state index contributed by atoms with van der Waals surface area (Å²) >= 11 is 3.19. The van der Waals surface area contributed by atoms with E-state index in [9.17, 15) is 13.2 Å². The van der Waals surface area contributed by atoms with Crippen LogP contribution in [-0.4, -0.2) is 56.3 Å². The normalized spacial score (nSPS) is 19.5. The Morgan fingerprint density at radius 2 is 2.13 bits per heavy atom. The van der Waals surface area contributed by atoms with Crippen molar-refractivity contribution in [2.45, 2.75) is 17.7 Å². The first-order chi connectivity index (χ1) is 11.0. The van der Waals surface area contributed by atoms with E-state index in [-0.39, 0.29) is 35.3 Å². The van der Waals surface area contributed by atoms with Gasteiger partial charge in [-0.2, -0.15) is 8.42 Å². The Balaban J connectivity index is 1.69. The minimum Gasteiger partial charge on any atom is -0.378 e. The second kappa shape index (κ2) is 6.54. The zero-order chi connectivity index (χ0) is 16.4. The molecule has 1 aromatic rings. The molecule has 0 spiro atoms. The lowest BCUT2D eigenvalue weighted by atomic mass is 10.2. The zero-order valence-corrected chi connectivity index (χ0v) is 14.6. The van der Waals surface area contributed by atoms with Gasteiger partial charge in [-0.05, 0) is 22.0 Å². The third kappa shape index (κ3) is 3.70. The van der Waals surface area contributed by atoms with Gasteiger partial charge >= 0.3 is 0 Å². The first-order valence-corrected chi connectivity index (χ1v) is 9.31. The number of amidine groups is 1. The van der Waals surface area contributed by atoms with Crippen LogP contribution in [0.2, 0.25) is 0 Å². The van der Waals surface area contributed by atoms with Gasteiger partial charge in [0.25, 0.3) is 10.0 Å². The molecule has 0 unspecified atom stereocenters. The lowest BCUT2D eigenvalue weighted by Crippen LogP contribution is -2.41. The van der Waals surface area contributed by atoms with E-state index in [1.807, 2.05) is 0 Å². The lowest BCUT2D eigenvalue weighted by Gasteiger charge is -2.27. The molecule has 3 heterocycles. The SMILES string of the molecule is O=C(CCC1=NS(=O)(=O)c2cc(Br)cnc2N1)N1CCOCC1. The van der Waals surface area contributed by atoms with E-state index in [2.05, 4.69) is 30.6 Å². The first-order valence-electron chi connectivity index (χ1n) is 7.08. The van der Waals surface area contributed by atoms with Crippen LogP contribution >= 0.6 is 15.9 Å². The smallest absolute Gasteiger partial charge is 0.287 e. The molecule has 0 saturated carbocycles. The molecule has 2 aliphatic rings. The zero-order valence-electron chi connectivity index (χ0n) is 12.2. The Labute approximate surface area is 142 Å². The summed E-state index contributed by atoms with van der Waals surface area (Å²) in [5.41, 5.74) is 0. The van der Waals surface area contributed by atoms with Crippen molar-refractivity contribution in [1.29, 1.82) is 0 Å². The van der Waals surface area contributed by atoms with Crippen LogP contribution < -0.4 is 5.32 Å². The van der Waals surface area contributed by atoms with Crippen molar-refractivity contribution in [3.05, 3.63) is 16.7 Å². The summed E-state index contributed by atoms with van der Waals surface area (Å²) in [5.74, 6) is 0.427. The fourth-order valence-electron chi connectivity index (χ4n) is 2.37. The van der Waals surface area contributed by atoms with E-state index < -0.39 is 10.0 Å². The fraction of sp³-hybridized carbons (Fsp3) is 0.462. The number of amides is 1. The number of halogens is 1. The number of sulfonamides is 1. The maximum atomic E-state index is 12.2. The summed E-state index contributed by atoms with van der Waals surface area (Å²) in [6, 6.07) is 1.45. The van der Waals surface area contributed by atoms with Gasteiger partial charge in [0, 0.05) is 36.6 Å². The average molecular weight is 403 g/mol. The number of aromatic nitrogens is 1. The van der Waals surface area contributed by atoms with E-state index in [0.717, 1.165) is 0 Å². The molecule has 0 aliphatic carbocycles. The maximum absolute atomic E-state index is 12.2. The molecule has 1 fully saturated rings. The quantitative estimate of drug-likeness (QED) is 0.808. The van der Waals surface area contributed by atoms with Gasteiger partial charge < -0.3 is 15.0 Å². The lowest BCUT2D eigenvalue weighted by molar-refractivity contribution is -0.135. The Morgan fingerprint density at radius 3 is 2.87 bits per heavy atom. The van der Waals surface area contributed by atoms with Crippen molar-refractivity contribution in [2.75, 3.05) is 31.6 Å². The average Bonchev–Trinajstić information content (AvgIpc) is 2.54. The van der Waals surface area contributed by atoms with Gasteiger partial charge in [0.15, 0.2) is 5.82 Å². The van der Waals surface area contributed by atoms with E-state index >= 15 is 0 Å². The van der Waals surface area contributed by atoms with Crippen LogP contribution in [0.5, 0.6) is 0 Å². The molecule has 8 nitrogen and oxygen atoms in total. The van der Waals surface area contributed by atoms with Gasteiger partial charge in [-0.3, -0.25) is 4.79 Å². The standard InChI is InChI=1S/C13H15BrN4O4S/c14-9-7-10-13(15-8-9)16-11(17-23(10,20)21)1-2-12(19)18-3-5-22-6-4-18/h7-8H,1-6H2,(H,15,16,17). The number of carbonyl (C=O) groups is 1. The number of ether oxygens (including phenoxy) is 1. The second-order valence-electron chi connectivity index (χ2n) is 5.13. The molecule has 1 saturated heterocycles. The van der Waals surface area contributed by atoms with Gasteiger partial charge in [-0.25, -0.2) is 4.98 Å². The van der Waals surface area contributed by atoms with Crippen molar-refractivity contribution in [2.24, 2.45) is 4.40 Å². The van der Waals surface area contributed by atoms with Crippen LogP contribution in [0.4, 0.5) is 5.82 Å². The Hall–Kier alpha value is -1.52. The molecule has 0 atom stereocenters. The highest BCUT2D eigenvalue weighted by atomic mass is 79.9. The van der Waals surface area contributed by atoms with Crippen molar-refractivity contribution in [3.8, 4) is 0 Å². The number of anilines is 1. The molecule has 0 radical (unpaired) electrons. The van der Waals surface area contributed by atoms with Crippen molar-refractivity contribution < 1.29 is 17.9 Å². The number of morpholine rings is 1. The molecule has 3 rings (SSSR count). The number of carbonyl (C=O) groups excluding carboxylic acids is 1. The molecule has 1 aromatic heterocycles. The van der Waals surface area contributed by atoms with E-state index in [1.165, 1.54) is 12.3 Å². The number of nitrogens with one attached hydrogen (secondary N) is 1. The van der Waals surface area contributed by atoms with Gasteiger partial charge in [0.1, 0.15) is 10.7 Å². The summed E-state index contributed by atoms with van der Waals surface area (Å²) in [5, 5.41) is 2.88. The van der Waals surface area contributed by atoms with Crippen LogP contribution in [0.3, 0.4) is 0 Å². The minimum atomic E-state index is -3.80. The Bertz CT molecular complexity index is 759. The summed E-state index contributed by atoms with van der Waals surface area (Å²) in [6.07, 6.45) is 1.91. The number of rotatable bonds is 3. The molecule has 124 valence electrons. The molecule has 10 heteroatoms. The van der Waals surface area contributed by atoms with Gasteiger partial charge in [0.05, 0.1) is 13.2 Å². The third-order valence-electron chi connectivity index (χ3n) is 3.53. The van der Waals surface area contributed by atoms with Gasteiger partial charge in [0.2, 0.25) is 5.91 Å². The predicted molar refractivity (Wildman–Crippen MR) is 86.8 cm³/mol. The van der Waals surface area contributed by atoms with Gasteiger partial charge in [-0.1, -0.05) is 0 Å². The van der Waals surface area contributed by atoms with Crippen molar-refractivity contribution in [3.63, 3.8) is 0 Å². The predicted octanol–water partition coefficient (Wildman–Crippen LogP) is 0.996. The third-order valence-corrected chi connectivity index (χ3v) is 5.29. The second-order valence-corrected chi connectivity index (χ2v) is 7.62. The number of hydrogen-bond acceptors (Lipinski definition) is 6. The number of hydrogen-bond donors (Lipinski definition) is 1. The van der Waals surface area contributed by atoms with Crippen molar-refractivity contribution in [1.82, 2.24) is 9.88 Å². The van der Waals surface area contributed by atoms with E-state index in [1.54, 1.807) is 4.90 Å². The fourth-order valence-corrected chi connectivity index (χ4v) is 4.00. The highest BCUT2D eigenvalue weighted by Crippen LogP contribution is 2.28. The molecule has 2 aliphatic heterocycles. The highest BCUT2D eigenvalue weighted by molar-refractivity contribution is 9.10. The van der Waals surface area contributed by atoms with Gasteiger partial charge in [-0.15, -0.1) is 4.40 Å². The summed E-state index contributed by atoms with van der Waals surface area (Å²) in [7, 11) is -3.80. The molecule has 1 N–H and O–H groups in total. The van der Waals surface area contributed by atoms with Crippen LogP contribution in [-0.2, 0) is 19.6 Å². The van der Waals surface area contributed by atoms with Crippen LogP contribution in [0, 0.1) is 0 Å². The van der Waals surface area contributed by atoms with Crippen molar-refractivity contribution >= 4 is 43.5 Å². The summed E-state index contributed by atoms with van der Waals surface area (Å²) < 4.78 is 33.9. The molecule has 23 heavy (non-hydrogen) atoms. The monoisotopic (exact) mass is 402 g/mol. The van der Waals surface area contributed by atoms with E-state index in [4.69, 9.17) is 4.74 Å². The molecule has 0 bridgehead atoms. The van der Waals surface area contributed by atoms with Crippen LogP contribution in [0.25, 0.3) is 0 Å². The summed E-state index contributed by atoms with van der Waals surface area (Å²) in [6.45, 7) is 2.20. The molecular formula is C13H15BrN4O4S. The highest BCUT2D eigenvalue weighted by Gasteiger charge is 2.27. The minimum absolute atomic E-state index is 0.0233. The molecular weight excluding hydrogens is 388 g/mol. The Kier molecular flexibility index (Phi) is 4.64. The van der Waals surface area contributed by atoms with Crippen LogP contribution in [0.1, 0.15) is 12.8 Å². The summed E-state index contributed by atoms with van der Waals surface area (Å²) in [4.78, 5) is 17.9. The van der Waals surface area contributed by atoms with Crippen LogP contribution in [0.15, 0.2) is 26.0 Å². The topological polar surface area (TPSA) is 101 Å². The Morgan fingerprint density at radius 1 is 1.39 bits per heavy atom. The number of nitrogens with zero attached hydrogens (tertiary/aromatic N) is 3. The molecule has 0 aromatic carbocycles. The molecule has 1 amide bonds. The number of fused-ring (bicyclic) bond motifs is 1. The largest absolute Gasteiger partial charge is 0.378 e. The maximum Gasteiger partial charge on any atom is 0.287 e. The number of pyridine rings is 1.